The van der Waals surface area contributed by atoms with Crippen molar-refractivity contribution in [2.75, 3.05) is 38.9 Å². The van der Waals surface area contributed by atoms with Gasteiger partial charge in [-0.25, -0.2) is 4.98 Å². The number of aromatic nitrogens is 2. The molecule has 4 aromatic rings. The van der Waals surface area contributed by atoms with Crippen molar-refractivity contribution in [3.8, 4) is 17.2 Å². The molecule has 40 heavy (non-hydrogen) atoms. The molecule has 1 aromatic heterocycles. The summed E-state index contributed by atoms with van der Waals surface area (Å²) in [6.45, 7) is 6.32. The molecule has 0 unspecified atom stereocenters. The lowest BCUT2D eigenvalue weighted by Crippen LogP contribution is -2.48. The maximum absolute atomic E-state index is 13.9. The number of fused-ring (bicyclic) bond motifs is 1. The van der Waals surface area contributed by atoms with E-state index in [4.69, 9.17) is 19.2 Å². The Morgan fingerprint density at radius 2 is 1.62 bits per heavy atom. The Hall–Kier alpha value is -4.30. The number of ether oxygens (including phenoxy) is 3. The topological polar surface area (TPSA) is 69.1 Å². The first kappa shape index (κ1) is 27.3. The number of methoxy groups -OCH3 is 2. The Morgan fingerprint density at radius 3 is 2.33 bits per heavy atom. The number of hydrogen-bond donors (Lipinski definition) is 0. The maximum atomic E-state index is 13.9. The zero-order valence-electron chi connectivity index (χ0n) is 23.6. The second-order valence-corrected chi connectivity index (χ2v) is 9.84. The molecule has 3 aromatic carbocycles. The molecule has 0 bridgehead atoms. The fourth-order valence-electron chi connectivity index (χ4n) is 5.08. The molecule has 8 nitrogen and oxygen atoms in total. The standard InChI is InChI=1S/C32H36N4O4/c1-5-40-27-14-12-26(13-15-27)35-21-34(18-17-25-11-16-29(38-3)30(20-25)39-4)22-36-31(37)28(23(2)33-32(35)36)19-24-9-7-6-8-10-24/h6-16,20H,5,17-19,21-22H2,1-4H3. The third-order valence-electron chi connectivity index (χ3n) is 7.22. The summed E-state index contributed by atoms with van der Waals surface area (Å²) in [5.74, 6) is 2.89. The molecule has 0 N–H and O–H groups in total. The number of benzene rings is 3. The highest BCUT2D eigenvalue weighted by molar-refractivity contribution is 5.59. The number of hydrogen-bond acceptors (Lipinski definition) is 7. The molecule has 0 fully saturated rings. The van der Waals surface area contributed by atoms with Crippen LogP contribution in [0.15, 0.2) is 77.6 Å². The molecule has 8 heteroatoms. The smallest absolute Gasteiger partial charge is 0.259 e. The van der Waals surface area contributed by atoms with E-state index in [9.17, 15) is 4.79 Å². The normalized spacial score (nSPS) is 13.2. The van der Waals surface area contributed by atoms with Crippen LogP contribution in [0.3, 0.4) is 0 Å². The molecule has 0 spiro atoms. The van der Waals surface area contributed by atoms with Crippen molar-refractivity contribution >= 4 is 11.6 Å². The van der Waals surface area contributed by atoms with Crippen LogP contribution in [0.1, 0.15) is 29.3 Å². The number of aryl methyl sites for hydroxylation is 1. The van der Waals surface area contributed by atoms with Gasteiger partial charge in [-0.3, -0.25) is 19.2 Å². The minimum absolute atomic E-state index is 0.00175. The van der Waals surface area contributed by atoms with Crippen molar-refractivity contribution < 1.29 is 14.2 Å². The first-order valence-electron chi connectivity index (χ1n) is 13.6. The Bertz CT molecular complexity index is 1500. The molecule has 0 radical (unpaired) electrons. The van der Waals surface area contributed by atoms with Gasteiger partial charge in [-0.05, 0) is 67.8 Å². The van der Waals surface area contributed by atoms with Gasteiger partial charge in [0.05, 0.1) is 39.9 Å². The van der Waals surface area contributed by atoms with Gasteiger partial charge in [0.25, 0.3) is 5.56 Å². The Kier molecular flexibility index (Phi) is 8.36. The lowest BCUT2D eigenvalue weighted by molar-refractivity contribution is 0.200. The van der Waals surface area contributed by atoms with E-state index in [0.717, 1.165) is 46.8 Å². The fourth-order valence-corrected chi connectivity index (χ4v) is 5.08. The van der Waals surface area contributed by atoms with E-state index in [1.165, 1.54) is 0 Å². The summed E-state index contributed by atoms with van der Waals surface area (Å²) in [7, 11) is 3.28. The van der Waals surface area contributed by atoms with Gasteiger partial charge in [0.1, 0.15) is 5.75 Å². The highest BCUT2D eigenvalue weighted by Gasteiger charge is 2.28. The van der Waals surface area contributed by atoms with Crippen LogP contribution >= 0.6 is 0 Å². The molecule has 208 valence electrons. The van der Waals surface area contributed by atoms with Crippen molar-refractivity contribution in [1.29, 1.82) is 0 Å². The first-order valence-corrected chi connectivity index (χ1v) is 13.6. The van der Waals surface area contributed by atoms with Crippen LogP contribution in [0.2, 0.25) is 0 Å². The molecule has 5 rings (SSSR count). The molecule has 0 atom stereocenters. The molecule has 1 aliphatic heterocycles. The van der Waals surface area contributed by atoms with Crippen LogP contribution < -0.4 is 24.7 Å². The molecular formula is C32H36N4O4. The van der Waals surface area contributed by atoms with Crippen LogP contribution in [0, 0.1) is 6.92 Å². The molecular weight excluding hydrogens is 504 g/mol. The van der Waals surface area contributed by atoms with Gasteiger partial charge < -0.3 is 14.2 Å². The minimum Gasteiger partial charge on any atom is -0.494 e. The van der Waals surface area contributed by atoms with Gasteiger partial charge in [-0.15, -0.1) is 0 Å². The number of rotatable bonds is 10. The van der Waals surface area contributed by atoms with Crippen molar-refractivity contribution in [3.63, 3.8) is 0 Å². The lowest BCUT2D eigenvalue weighted by Gasteiger charge is -2.38. The van der Waals surface area contributed by atoms with Crippen LogP contribution in [-0.2, 0) is 19.5 Å². The molecule has 0 amide bonds. The van der Waals surface area contributed by atoms with Crippen molar-refractivity contribution in [2.45, 2.75) is 33.4 Å². The highest BCUT2D eigenvalue weighted by Crippen LogP contribution is 2.31. The van der Waals surface area contributed by atoms with Crippen molar-refractivity contribution in [1.82, 2.24) is 14.5 Å². The highest BCUT2D eigenvalue weighted by atomic mass is 16.5. The third-order valence-corrected chi connectivity index (χ3v) is 7.22. The van der Waals surface area contributed by atoms with Crippen LogP contribution in [-0.4, -0.2) is 48.5 Å². The second kappa shape index (κ2) is 12.3. The molecule has 2 heterocycles. The van der Waals surface area contributed by atoms with E-state index < -0.39 is 0 Å². The van der Waals surface area contributed by atoms with Crippen LogP contribution in [0.5, 0.6) is 17.2 Å². The zero-order chi connectivity index (χ0) is 28.1. The van der Waals surface area contributed by atoms with Crippen LogP contribution in [0.25, 0.3) is 0 Å². The van der Waals surface area contributed by atoms with Gasteiger partial charge in [0.2, 0.25) is 5.95 Å². The summed E-state index contributed by atoms with van der Waals surface area (Å²) >= 11 is 0. The fraction of sp³-hybridized carbons (Fsp3) is 0.312. The van der Waals surface area contributed by atoms with Crippen molar-refractivity contribution in [2.24, 2.45) is 0 Å². The SMILES string of the molecule is CCOc1ccc(N2CN(CCc3ccc(OC)c(OC)c3)Cn3c2nc(C)c(Cc2ccccc2)c3=O)cc1. The molecule has 0 aliphatic carbocycles. The summed E-state index contributed by atoms with van der Waals surface area (Å²) < 4.78 is 18.3. The van der Waals surface area contributed by atoms with Gasteiger partial charge in [-0.1, -0.05) is 36.4 Å². The summed E-state index contributed by atoms with van der Waals surface area (Å²) in [6, 6.07) is 24.0. The van der Waals surface area contributed by atoms with Crippen molar-refractivity contribution in [3.05, 3.63) is 106 Å². The average Bonchev–Trinajstić information content (AvgIpc) is 2.99. The van der Waals surface area contributed by atoms with Gasteiger partial charge in [-0.2, -0.15) is 0 Å². The van der Waals surface area contributed by atoms with Gasteiger partial charge >= 0.3 is 0 Å². The van der Waals surface area contributed by atoms with E-state index in [2.05, 4.69) is 15.9 Å². The van der Waals surface area contributed by atoms with Gasteiger partial charge in [0, 0.05) is 24.2 Å². The molecule has 0 saturated carbocycles. The minimum atomic E-state index is -0.00175. The lowest BCUT2D eigenvalue weighted by atomic mass is 10.1. The first-order chi connectivity index (χ1) is 19.5. The summed E-state index contributed by atoms with van der Waals surface area (Å²) in [4.78, 5) is 23.3. The predicted molar refractivity (Wildman–Crippen MR) is 157 cm³/mol. The Balaban J connectivity index is 1.48. The predicted octanol–water partition coefficient (Wildman–Crippen LogP) is 5.17. The van der Waals surface area contributed by atoms with E-state index >= 15 is 0 Å². The van der Waals surface area contributed by atoms with E-state index in [0.29, 0.717) is 43.8 Å². The second-order valence-electron chi connectivity index (χ2n) is 9.84. The maximum Gasteiger partial charge on any atom is 0.259 e. The summed E-state index contributed by atoms with van der Waals surface area (Å²) in [5.41, 5.74) is 4.66. The number of nitrogens with zero attached hydrogens (tertiary/aromatic N) is 4. The summed E-state index contributed by atoms with van der Waals surface area (Å²) in [5, 5.41) is 0. The zero-order valence-corrected chi connectivity index (χ0v) is 23.6. The number of anilines is 2. The average molecular weight is 541 g/mol. The molecule has 1 aliphatic rings. The Morgan fingerprint density at radius 1 is 0.875 bits per heavy atom. The quantitative estimate of drug-likeness (QED) is 0.275. The largest absolute Gasteiger partial charge is 0.494 e. The Labute approximate surface area is 235 Å². The molecule has 0 saturated heterocycles. The third kappa shape index (κ3) is 5.82. The van der Waals surface area contributed by atoms with E-state index in [-0.39, 0.29) is 5.56 Å². The monoisotopic (exact) mass is 540 g/mol. The van der Waals surface area contributed by atoms with E-state index in [1.54, 1.807) is 18.8 Å². The summed E-state index contributed by atoms with van der Waals surface area (Å²) in [6.07, 6.45) is 1.34. The van der Waals surface area contributed by atoms with Crippen LogP contribution in [0.4, 0.5) is 11.6 Å². The van der Waals surface area contributed by atoms with Gasteiger partial charge in [0.15, 0.2) is 11.5 Å². The van der Waals surface area contributed by atoms with E-state index in [1.807, 2.05) is 80.6 Å².